The Balaban J connectivity index is 1.47. The van der Waals surface area contributed by atoms with Gasteiger partial charge in [0.05, 0.1) is 10.5 Å². The highest BCUT2D eigenvalue weighted by atomic mass is 32.2. The number of carbonyl (C=O) groups excluding carboxylic acids is 1. The van der Waals surface area contributed by atoms with Crippen molar-refractivity contribution in [3.8, 4) is 0 Å². The number of halogens is 3. The summed E-state index contributed by atoms with van der Waals surface area (Å²) in [6.07, 6.45) is -2.30. The monoisotopic (exact) mass is 439 g/mol. The maximum absolute atomic E-state index is 12.8. The molecule has 0 atom stereocenters. The Morgan fingerprint density at radius 1 is 1.03 bits per heavy atom. The Labute approximate surface area is 171 Å². The highest BCUT2D eigenvalue weighted by molar-refractivity contribution is 7.89. The van der Waals surface area contributed by atoms with Crippen molar-refractivity contribution >= 4 is 26.8 Å². The number of benzene rings is 2. The van der Waals surface area contributed by atoms with E-state index in [1.165, 1.54) is 0 Å². The molecule has 2 aromatic carbocycles. The molecule has 1 aromatic heterocycles. The number of nitrogens with one attached hydrogen (secondary N) is 3. The van der Waals surface area contributed by atoms with Gasteiger partial charge in [-0.05, 0) is 36.2 Å². The van der Waals surface area contributed by atoms with Crippen LogP contribution in [0.2, 0.25) is 0 Å². The molecule has 30 heavy (non-hydrogen) atoms. The van der Waals surface area contributed by atoms with Gasteiger partial charge in [-0.2, -0.15) is 13.2 Å². The maximum Gasteiger partial charge on any atom is 0.416 e. The predicted octanol–water partition coefficient (Wildman–Crippen LogP) is 3.21. The lowest BCUT2D eigenvalue weighted by Crippen LogP contribution is -2.31. The van der Waals surface area contributed by atoms with E-state index in [0.717, 1.165) is 34.7 Å². The first-order chi connectivity index (χ1) is 14.2. The van der Waals surface area contributed by atoms with Crippen molar-refractivity contribution in [1.29, 1.82) is 0 Å². The van der Waals surface area contributed by atoms with E-state index in [4.69, 9.17) is 0 Å². The molecule has 1 heterocycles. The Morgan fingerprint density at radius 2 is 1.80 bits per heavy atom. The molecule has 0 radical (unpaired) electrons. The van der Waals surface area contributed by atoms with Crippen molar-refractivity contribution in [1.82, 2.24) is 15.0 Å². The van der Waals surface area contributed by atoms with Gasteiger partial charge in [-0.25, -0.2) is 13.1 Å². The van der Waals surface area contributed by atoms with Gasteiger partial charge in [0.25, 0.3) is 0 Å². The standard InChI is InChI=1S/C20H20F3N3O3S/c21-20(22,23)15-4-3-5-16(12-15)30(28,29)26-11-9-19(27)24-10-8-14-13-25-18-7-2-1-6-17(14)18/h1-7,12-13,25-26H,8-11H2,(H,24,27). The van der Waals surface area contributed by atoms with Crippen LogP contribution in [0.4, 0.5) is 13.2 Å². The summed E-state index contributed by atoms with van der Waals surface area (Å²) in [6.45, 7) is 0.151. The van der Waals surface area contributed by atoms with Crippen molar-refractivity contribution in [2.24, 2.45) is 0 Å². The Morgan fingerprint density at radius 3 is 2.57 bits per heavy atom. The summed E-state index contributed by atoms with van der Waals surface area (Å²) in [6, 6.07) is 11.2. The minimum Gasteiger partial charge on any atom is -0.361 e. The van der Waals surface area contributed by atoms with Gasteiger partial charge in [-0.1, -0.05) is 24.3 Å². The number of hydrogen-bond acceptors (Lipinski definition) is 3. The molecular weight excluding hydrogens is 419 g/mol. The van der Waals surface area contributed by atoms with Crippen LogP contribution in [0.15, 0.2) is 59.6 Å². The molecule has 0 saturated carbocycles. The number of H-pyrrole nitrogens is 1. The van der Waals surface area contributed by atoms with Crippen LogP contribution in [0.5, 0.6) is 0 Å². The third-order valence-corrected chi connectivity index (χ3v) is 5.97. The molecule has 6 nitrogen and oxygen atoms in total. The summed E-state index contributed by atoms with van der Waals surface area (Å²) in [5, 5.41) is 3.77. The lowest BCUT2D eigenvalue weighted by molar-refractivity contribution is -0.137. The summed E-state index contributed by atoms with van der Waals surface area (Å²) in [4.78, 5) is 14.6. The second-order valence-electron chi connectivity index (χ2n) is 6.63. The third-order valence-electron chi connectivity index (χ3n) is 4.51. The number of hydrogen-bond donors (Lipinski definition) is 3. The van der Waals surface area contributed by atoms with E-state index in [1.54, 1.807) is 0 Å². The number of sulfonamides is 1. The Bertz CT molecular complexity index is 1140. The summed E-state index contributed by atoms with van der Waals surface area (Å²) < 4.78 is 64.7. The highest BCUT2D eigenvalue weighted by Gasteiger charge is 2.31. The molecule has 0 saturated heterocycles. The smallest absolute Gasteiger partial charge is 0.361 e. The van der Waals surface area contributed by atoms with Gasteiger partial charge in [0, 0.05) is 36.6 Å². The molecule has 0 aliphatic carbocycles. The molecule has 3 rings (SSSR count). The van der Waals surface area contributed by atoms with Gasteiger partial charge in [-0.15, -0.1) is 0 Å². The highest BCUT2D eigenvalue weighted by Crippen LogP contribution is 2.30. The van der Waals surface area contributed by atoms with Crippen LogP contribution in [-0.4, -0.2) is 32.4 Å². The topological polar surface area (TPSA) is 91.1 Å². The largest absolute Gasteiger partial charge is 0.416 e. The van der Waals surface area contributed by atoms with E-state index in [-0.39, 0.29) is 18.9 Å². The van der Waals surface area contributed by atoms with Crippen LogP contribution in [-0.2, 0) is 27.4 Å². The summed E-state index contributed by atoms with van der Waals surface area (Å²) in [5.41, 5.74) is 0.999. The molecule has 0 aliphatic heterocycles. The van der Waals surface area contributed by atoms with E-state index in [2.05, 4.69) is 15.0 Å². The molecule has 0 fully saturated rings. The number of para-hydroxylation sites is 1. The summed E-state index contributed by atoms with van der Waals surface area (Å²) in [5.74, 6) is -0.360. The molecule has 0 spiro atoms. The van der Waals surface area contributed by atoms with Crippen LogP contribution in [0.25, 0.3) is 10.9 Å². The van der Waals surface area contributed by atoms with Gasteiger partial charge >= 0.3 is 6.18 Å². The van der Waals surface area contributed by atoms with Crippen LogP contribution in [0.1, 0.15) is 17.5 Å². The molecule has 0 aliphatic rings. The zero-order chi connectivity index (χ0) is 21.8. The SMILES string of the molecule is O=C(CCNS(=O)(=O)c1cccc(C(F)(F)F)c1)NCCc1c[nH]c2ccccc12. The molecule has 10 heteroatoms. The van der Waals surface area contributed by atoms with E-state index in [9.17, 15) is 26.4 Å². The Kier molecular flexibility index (Phi) is 6.47. The average Bonchev–Trinajstić information content (AvgIpc) is 3.11. The second kappa shape index (κ2) is 8.88. The predicted molar refractivity (Wildman–Crippen MR) is 106 cm³/mol. The number of alkyl halides is 3. The first kappa shape index (κ1) is 21.8. The van der Waals surface area contributed by atoms with Crippen molar-refractivity contribution in [3.05, 3.63) is 65.9 Å². The third kappa shape index (κ3) is 5.39. The summed E-state index contributed by atoms with van der Waals surface area (Å²) in [7, 11) is -4.15. The normalized spacial score (nSPS) is 12.2. The fourth-order valence-electron chi connectivity index (χ4n) is 2.99. The van der Waals surface area contributed by atoms with Gasteiger partial charge < -0.3 is 10.3 Å². The number of aromatic nitrogens is 1. The van der Waals surface area contributed by atoms with Gasteiger partial charge in [0.15, 0.2) is 0 Å². The van der Waals surface area contributed by atoms with Crippen LogP contribution in [0.3, 0.4) is 0 Å². The molecule has 3 aromatic rings. The van der Waals surface area contributed by atoms with Crippen molar-refractivity contribution < 1.29 is 26.4 Å². The number of carbonyl (C=O) groups is 1. The van der Waals surface area contributed by atoms with Gasteiger partial charge in [0.1, 0.15) is 0 Å². The molecular formula is C20H20F3N3O3S. The van der Waals surface area contributed by atoms with E-state index >= 15 is 0 Å². The fourth-order valence-corrected chi connectivity index (χ4v) is 4.06. The molecule has 3 N–H and O–H groups in total. The summed E-state index contributed by atoms with van der Waals surface area (Å²) >= 11 is 0. The van der Waals surface area contributed by atoms with Crippen LogP contribution >= 0.6 is 0 Å². The quantitative estimate of drug-likeness (QED) is 0.503. The number of aromatic amines is 1. The van der Waals surface area contributed by atoms with E-state index in [0.29, 0.717) is 19.0 Å². The first-order valence-corrected chi connectivity index (χ1v) is 10.6. The lowest BCUT2D eigenvalue weighted by Gasteiger charge is -2.10. The van der Waals surface area contributed by atoms with Gasteiger partial charge in [-0.3, -0.25) is 4.79 Å². The first-order valence-electron chi connectivity index (χ1n) is 9.15. The van der Waals surface area contributed by atoms with Gasteiger partial charge in [0.2, 0.25) is 15.9 Å². The average molecular weight is 439 g/mol. The van der Waals surface area contributed by atoms with Crippen molar-refractivity contribution in [3.63, 3.8) is 0 Å². The van der Waals surface area contributed by atoms with Crippen LogP contribution < -0.4 is 10.0 Å². The minimum absolute atomic E-state index is 0.133. The fraction of sp³-hybridized carbons (Fsp3) is 0.250. The molecule has 0 bridgehead atoms. The second-order valence-corrected chi connectivity index (χ2v) is 8.40. The molecule has 1 amide bonds. The van der Waals surface area contributed by atoms with Crippen molar-refractivity contribution in [2.75, 3.05) is 13.1 Å². The van der Waals surface area contributed by atoms with Crippen molar-refractivity contribution in [2.45, 2.75) is 23.9 Å². The Hall–Kier alpha value is -2.85. The molecule has 160 valence electrons. The van der Waals surface area contributed by atoms with E-state index in [1.807, 2.05) is 30.5 Å². The minimum atomic E-state index is -4.64. The maximum atomic E-state index is 12.8. The van der Waals surface area contributed by atoms with Crippen LogP contribution in [0, 0.1) is 0 Å². The van der Waals surface area contributed by atoms with E-state index < -0.39 is 26.7 Å². The molecule has 0 unspecified atom stereocenters. The number of amides is 1. The number of fused-ring (bicyclic) bond motifs is 1. The zero-order valence-electron chi connectivity index (χ0n) is 15.8. The number of rotatable bonds is 8. The lowest BCUT2D eigenvalue weighted by atomic mass is 10.1. The zero-order valence-corrected chi connectivity index (χ0v) is 16.6.